The highest BCUT2D eigenvalue weighted by atomic mass is 16.5. The molecule has 2 atom stereocenters. The van der Waals surface area contributed by atoms with Crippen molar-refractivity contribution in [3.05, 3.63) is 0 Å². The third-order valence-electron chi connectivity index (χ3n) is 3.17. The highest BCUT2D eigenvalue weighted by Crippen LogP contribution is 2.35. The maximum absolute atomic E-state index is 11.7. The van der Waals surface area contributed by atoms with Crippen LogP contribution >= 0.6 is 0 Å². The van der Waals surface area contributed by atoms with E-state index in [-0.39, 0.29) is 17.3 Å². The van der Waals surface area contributed by atoms with Gasteiger partial charge in [-0.2, -0.15) is 0 Å². The van der Waals surface area contributed by atoms with Crippen molar-refractivity contribution < 1.29 is 14.3 Å². The third kappa shape index (κ3) is 2.92. The molecule has 2 unspecified atom stereocenters. The number of hydrogen-bond donors (Lipinski definition) is 1. The Hall–Kier alpha value is -0.610. The van der Waals surface area contributed by atoms with Gasteiger partial charge >= 0.3 is 5.97 Å². The predicted molar refractivity (Wildman–Crippen MR) is 57.6 cm³/mol. The molecule has 1 fully saturated rings. The van der Waals surface area contributed by atoms with Gasteiger partial charge < -0.3 is 14.8 Å². The summed E-state index contributed by atoms with van der Waals surface area (Å²) in [7, 11) is 1.69. The molecule has 0 aliphatic carbocycles. The molecule has 0 aromatic carbocycles. The van der Waals surface area contributed by atoms with Gasteiger partial charge in [-0.1, -0.05) is 6.92 Å². The Balaban J connectivity index is 2.58. The third-order valence-corrected chi connectivity index (χ3v) is 3.17. The highest BCUT2D eigenvalue weighted by Gasteiger charge is 2.43. The number of carbonyl (C=O) groups excluding carboxylic acids is 1. The van der Waals surface area contributed by atoms with Crippen LogP contribution in [0.2, 0.25) is 0 Å². The van der Waals surface area contributed by atoms with Crippen LogP contribution in [0.1, 0.15) is 20.3 Å². The zero-order valence-corrected chi connectivity index (χ0v) is 9.84. The summed E-state index contributed by atoms with van der Waals surface area (Å²) < 4.78 is 10.2. The minimum Gasteiger partial charge on any atom is -0.466 e. The van der Waals surface area contributed by atoms with E-state index < -0.39 is 0 Å². The molecule has 1 rings (SSSR count). The van der Waals surface area contributed by atoms with Crippen LogP contribution in [0.4, 0.5) is 0 Å². The molecule has 0 spiro atoms. The topological polar surface area (TPSA) is 47.6 Å². The summed E-state index contributed by atoms with van der Waals surface area (Å²) in [6.07, 6.45) is 0.889. The highest BCUT2D eigenvalue weighted by molar-refractivity contribution is 5.74. The Morgan fingerprint density at radius 3 is 2.93 bits per heavy atom. The summed E-state index contributed by atoms with van der Waals surface area (Å²) in [5.74, 6) is -0.117. The monoisotopic (exact) mass is 215 g/mol. The summed E-state index contributed by atoms with van der Waals surface area (Å²) >= 11 is 0. The van der Waals surface area contributed by atoms with Gasteiger partial charge in [-0.3, -0.25) is 4.79 Å². The van der Waals surface area contributed by atoms with E-state index in [9.17, 15) is 4.79 Å². The first-order valence-electron chi connectivity index (χ1n) is 5.50. The lowest BCUT2D eigenvalue weighted by atomic mass is 9.77. The second-order valence-corrected chi connectivity index (χ2v) is 4.33. The quantitative estimate of drug-likeness (QED) is 0.689. The van der Waals surface area contributed by atoms with Crippen LogP contribution in [-0.4, -0.2) is 39.4 Å². The number of esters is 1. The van der Waals surface area contributed by atoms with Crippen LogP contribution in [0.25, 0.3) is 0 Å². The molecular weight excluding hydrogens is 194 g/mol. The molecule has 0 radical (unpaired) electrons. The predicted octanol–water partition coefficient (Wildman–Crippen LogP) is 0.812. The number of rotatable bonds is 5. The van der Waals surface area contributed by atoms with Gasteiger partial charge in [0.05, 0.1) is 12.5 Å². The maximum Gasteiger partial charge on any atom is 0.310 e. The van der Waals surface area contributed by atoms with Crippen molar-refractivity contribution in [2.45, 2.75) is 20.3 Å². The van der Waals surface area contributed by atoms with Crippen LogP contribution < -0.4 is 5.32 Å². The molecule has 0 bridgehead atoms. The van der Waals surface area contributed by atoms with Gasteiger partial charge in [0.1, 0.15) is 0 Å². The first kappa shape index (κ1) is 12.5. The van der Waals surface area contributed by atoms with Crippen molar-refractivity contribution in [2.24, 2.45) is 11.3 Å². The van der Waals surface area contributed by atoms with E-state index in [1.54, 1.807) is 7.11 Å². The average Bonchev–Trinajstić information content (AvgIpc) is 2.58. The van der Waals surface area contributed by atoms with E-state index in [0.717, 1.165) is 19.5 Å². The molecule has 1 aliphatic heterocycles. The van der Waals surface area contributed by atoms with E-state index >= 15 is 0 Å². The molecular formula is C11H21NO3. The van der Waals surface area contributed by atoms with E-state index in [4.69, 9.17) is 9.47 Å². The molecule has 0 amide bonds. The van der Waals surface area contributed by atoms with Crippen molar-refractivity contribution in [1.29, 1.82) is 0 Å². The summed E-state index contributed by atoms with van der Waals surface area (Å²) in [5, 5.41) is 3.25. The molecule has 1 N–H and O–H groups in total. The fourth-order valence-electron chi connectivity index (χ4n) is 2.08. The second-order valence-electron chi connectivity index (χ2n) is 4.33. The average molecular weight is 215 g/mol. The standard InChI is InChI=1S/C11H21NO3/c1-4-15-10(13)9-7-12-8-11(9,2)5-6-14-3/h9,12H,4-8H2,1-3H3. The molecule has 0 saturated carbocycles. The lowest BCUT2D eigenvalue weighted by Gasteiger charge is -2.28. The van der Waals surface area contributed by atoms with Crippen LogP contribution in [-0.2, 0) is 14.3 Å². The Bertz CT molecular complexity index is 220. The summed E-state index contributed by atoms with van der Waals surface area (Å²) in [6, 6.07) is 0. The fraction of sp³-hybridized carbons (Fsp3) is 0.909. The van der Waals surface area contributed by atoms with Crippen molar-refractivity contribution in [3.63, 3.8) is 0 Å². The number of methoxy groups -OCH3 is 1. The Morgan fingerprint density at radius 1 is 1.60 bits per heavy atom. The van der Waals surface area contributed by atoms with E-state index in [1.165, 1.54) is 0 Å². The van der Waals surface area contributed by atoms with Crippen LogP contribution in [0.5, 0.6) is 0 Å². The van der Waals surface area contributed by atoms with Crippen LogP contribution in [0, 0.1) is 11.3 Å². The summed E-state index contributed by atoms with van der Waals surface area (Å²) in [5.41, 5.74) is -0.0255. The number of nitrogens with one attached hydrogen (secondary N) is 1. The van der Waals surface area contributed by atoms with Gasteiger partial charge in [-0.15, -0.1) is 0 Å². The first-order valence-corrected chi connectivity index (χ1v) is 5.50. The number of carbonyl (C=O) groups is 1. The molecule has 0 aromatic heterocycles. The smallest absolute Gasteiger partial charge is 0.310 e. The molecule has 88 valence electrons. The van der Waals surface area contributed by atoms with E-state index in [1.807, 2.05) is 6.92 Å². The number of hydrogen-bond acceptors (Lipinski definition) is 4. The number of ether oxygens (including phenoxy) is 2. The Labute approximate surface area is 91.3 Å². The van der Waals surface area contributed by atoms with Gasteiger partial charge in [-0.05, 0) is 18.8 Å². The van der Waals surface area contributed by atoms with Crippen LogP contribution in [0.15, 0.2) is 0 Å². The zero-order valence-electron chi connectivity index (χ0n) is 9.84. The van der Waals surface area contributed by atoms with Crippen molar-refractivity contribution >= 4 is 5.97 Å². The SMILES string of the molecule is CCOC(=O)C1CNCC1(C)CCOC. The lowest BCUT2D eigenvalue weighted by molar-refractivity contribution is -0.151. The van der Waals surface area contributed by atoms with Crippen LogP contribution in [0.3, 0.4) is 0 Å². The minimum absolute atomic E-state index is 0.0255. The zero-order chi connectivity index (χ0) is 11.3. The maximum atomic E-state index is 11.7. The van der Waals surface area contributed by atoms with Crippen molar-refractivity contribution in [1.82, 2.24) is 5.32 Å². The summed E-state index contributed by atoms with van der Waals surface area (Å²) in [4.78, 5) is 11.7. The van der Waals surface area contributed by atoms with Gasteiger partial charge in [0.15, 0.2) is 0 Å². The van der Waals surface area contributed by atoms with Gasteiger partial charge in [-0.25, -0.2) is 0 Å². The Morgan fingerprint density at radius 2 is 2.33 bits per heavy atom. The molecule has 4 heteroatoms. The minimum atomic E-state index is -0.0823. The lowest BCUT2D eigenvalue weighted by Crippen LogP contribution is -2.34. The molecule has 1 aliphatic rings. The van der Waals surface area contributed by atoms with E-state index in [0.29, 0.717) is 13.2 Å². The van der Waals surface area contributed by atoms with Gasteiger partial charge in [0.25, 0.3) is 0 Å². The second kappa shape index (κ2) is 5.47. The van der Waals surface area contributed by atoms with E-state index in [2.05, 4.69) is 12.2 Å². The van der Waals surface area contributed by atoms with Crippen molar-refractivity contribution in [2.75, 3.05) is 33.4 Å². The first-order chi connectivity index (χ1) is 7.14. The summed E-state index contributed by atoms with van der Waals surface area (Å²) in [6.45, 7) is 6.68. The fourth-order valence-corrected chi connectivity index (χ4v) is 2.08. The largest absolute Gasteiger partial charge is 0.466 e. The van der Waals surface area contributed by atoms with Gasteiger partial charge in [0, 0.05) is 26.8 Å². The normalized spacial score (nSPS) is 30.5. The molecule has 15 heavy (non-hydrogen) atoms. The van der Waals surface area contributed by atoms with Gasteiger partial charge in [0.2, 0.25) is 0 Å². The molecule has 0 aromatic rings. The molecule has 1 saturated heterocycles. The Kier molecular flexibility index (Phi) is 4.54. The molecule has 4 nitrogen and oxygen atoms in total. The van der Waals surface area contributed by atoms with Crippen molar-refractivity contribution in [3.8, 4) is 0 Å². The molecule has 1 heterocycles.